The third-order valence-electron chi connectivity index (χ3n) is 6.52. The van der Waals surface area contributed by atoms with Crippen molar-refractivity contribution < 1.29 is 14.4 Å². The average Bonchev–Trinajstić information content (AvgIpc) is 2.75. The smallest absolute Gasteiger partial charge is 0.233 e. The van der Waals surface area contributed by atoms with Crippen LogP contribution < -0.4 is 11.1 Å². The molecule has 176 valence electrons. The van der Waals surface area contributed by atoms with E-state index in [1.807, 2.05) is 44.4 Å². The fourth-order valence-corrected chi connectivity index (χ4v) is 3.86. The summed E-state index contributed by atoms with van der Waals surface area (Å²) in [6, 6.07) is 0. The summed E-state index contributed by atoms with van der Waals surface area (Å²) in [5.41, 5.74) is 4.16. The monoisotopic (exact) mass is 426 g/mol. The molecule has 0 saturated heterocycles. The van der Waals surface area contributed by atoms with Gasteiger partial charge in [-0.3, -0.25) is 24.2 Å². The van der Waals surface area contributed by atoms with E-state index in [4.69, 9.17) is 5.73 Å². The summed E-state index contributed by atoms with van der Waals surface area (Å²) in [5, 5.41) is 2.66. The molecule has 7 heteroatoms. The molecule has 30 heavy (non-hydrogen) atoms. The number of carbonyl (C=O) groups is 3. The number of Topliss-reactive ketones (excluding diaryl/α,β-unsaturated/α-hetero) is 2. The van der Waals surface area contributed by atoms with E-state index in [1.54, 1.807) is 7.05 Å². The van der Waals surface area contributed by atoms with Gasteiger partial charge in [0.1, 0.15) is 0 Å². The first-order valence-electron chi connectivity index (χ1n) is 11.6. The molecule has 0 radical (unpaired) electrons. The Morgan fingerprint density at radius 3 is 1.70 bits per heavy atom. The van der Waals surface area contributed by atoms with Crippen LogP contribution in [0.1, 0.15) is 80.1 Å². The summed E-state index contributed by atoms with van der Waals surface area (Å²) < 4.78 is 0. The first-order valence-corrected chi connectivity index (χ1v) is 11.6. The fraction of sp³-hybridized carbons (Fsp3) is 0.870. The van der Waals surface area contributed by atoms with Crippen LogP contribution in [0.15, 0.2) is 0 Å². The number of carbonyl (C=O) groups excluding carboxylic acids is 3. The van der Waals surface area contributed by atoms with Gasteiger partial charge in [0.05, 0.1) is 24.2 Å². The molecule has 0 bridgehead atoms. The van der Waals surface area contributed by atoms with Crippen molar-refractivity contribution in [3.05, 3.63) is 0 Å². The molecule has 2 atom stereocenters. The highest BCUT2D eigenvalue weighted by Crippen LogP contribution is 2.27. The molecule has 0 spiro atoms. The van der Waals surface area contributed by atoms with Crippen molar-refractivity contribution in [1.82, 2.24) is 15.1 Å². The van der Waals surface area contributed by atoms with E-state index >= 15 is 0 Å². The second-order valence-electron chi connectivity index (χ2n) is 8.51. The number of hydrogen-bond acceptors (Lipinski definition) is 6. The van der Waals surface area contributed by atoms with Crippen molar-refractivity contribution in [2.45, 2.75) is 91.1 Å². The van der Waals surface area contributed by atoms with E-state index in [9.17, 15) is 14.4 Å². The van der Waals surface area contributed by atoms with E-state index in [2.05, 4.69) is 12.2 Å². The third kappa shape index (κ3) is 7.43. The van der Waals surface area contributed by atoms with Gasteiger partial charge in [0.25, 0.3) is 0 Å². The molecule has 2 unspecified atom stereocenters. The van der Waals surface area contributed by atoms with Crippen LogP contribution in [-0.4, -0.2) is 78.1 Å². The lowest BCUT2D eigenvalue weighted by Gasteiger charge is -2.44. The molecule has 0 saturated carbocycles. The maximum atomic E-state index is 13.6. The summed E-state index contributed by atoms with van der Waals surface area (Å²) in [4.78, 5) is 42.7. The maximum absolute atomic E-state index is 13.6. The summed E-state index contributed by atoms with van der Waals surface area (Å²) in [5.74, 6) is 0.101. The van der Waals surface area contributed by atoms with Crippen molar-refractivity contribution in [2.75, 3.05) is 39.8 Å². The minimum Gasteiger partial charge on any atom is -0.358 e. The molecule has 0 heterocycles. The van der Waals surface area contributed by atoms with Crippen LogP contribution in [0.25, 0.3) is 0 Å². The van der Waals surface area contributed by atoms with Crippen LogP contribution in [-0.2, 0) is 14.4 Å². The molecule has 0 rings (SSSR count). The van der Waals surface area contributed by atoms with Gasteiger partial charge in [-0.1, -0.05) is 27.7 Å². The zero-order valence-corrected chi connectivity index (χ0v) is 20.5. The molecule has 0 aliphatic carbocycles. The third-order valence-corrected chi connectivity index (χ3v) is 6.52. The van der Waals surface area contributed by atoms with Gasteiger partial charge < -0.3 is 11.1 Å². The lowest BCUT2D eigenvalue weighted by atomic mass is 9.85. The minimum atomic E-state index is -0.760. The largest absolute Gasteiger partial charge is 0.358 e. The van der Waals surface area contributed by atoms with Gasteiger partial charge in [-0.2, -0.15) is 0 Å². The van der Waals surface area contributed by atoms with Gasteiger partial charge in [0, 0.05) is 13.5 Å². The first-order chi connectivity index (χ1) is 14.1. The van der Waals surface area contributed by atoms with Crippen LogP contribution in [0.5, 0.6) is 0 Å². The summed E-state index contributed by atoms with van der Waals surface area (Å²) in [6.45, 7) is 14.2. The predicted molar refractivity (Wildman–Crippen MR) is 123 cm³/mol. The summed E-state index contributed by atoms with van der Waals surface area (Å²) >= 11 is 0. The topological polar surface area (TPSA) is 95.7 Å². The second-order valence-corrected chi connectivity index (χ2v) is 8.51. The number of nitrogens with zero attached hydrogens (tertiary/aromatic N) is 2. The van der Waals surface area contributed by atoms with Gasteiger partial charge in [0.2, 0.25) is 5.91 Å². The lowest BCUT2D eigenvalue weighted by Crippen LogP contribution is -2.61. The molecule has 0 aliphatic heterocycles. The summed E-state index contributed by atoms with van der Waals surface area (Å²) in [7, 11) is 1.61. The Kier molecular flexibility index (Phi) is 13.3. The Hall–Kier alpha value is -1.31. The highest BCUT2D eigenvalue weighted by molar-refractivity contribution is 5.92. The number of ketones is 2. The molecule has 0 aromatic rings. The van der Waals surface area contributed by atoms with Gasteiger partial charge >= 0.3 is 0 Å². The van der Waals surface area contributed by atoms with Crippen molar-refractivity contribution in [3.8, 4) is 0 Å². The highest BCUT2D eigenvalue weighted by atomic mass is 16.2. The second kappa shape index (κ2) is 13.9. The Bertz CT molecular complexity index is 555. The maximum Gasteiger partial charge on any atom is 0.233 e. The number of likely N-dealkylation sites (N-methyl/N-ethyl adjacent to an activating group) is 1. The van der Waals surface area contributed by atoms with Crippen LogP contribution in [0, 0.1) is 0 Å². The Labute approximate surface area is 184 Å². The predicted octanol–water partition coefficient (Wildman–Crippen LogP) is 2.37. The van der Waals surface area contributed by atoms with E-state index < -0.39 is 11.1 Å². The van der Waals surface area contributed by atoms with E-state index in [0.29, 0.717) is 45.3 Å². The van der Waals surface area contributed by atoms with E-state index in [0.717, 1.165) is 12.8 Å². The number of nitrogens with two attached hydrogens (primary N) is 1. The Balaban J connectivity index is 5.81. The van der Waals surface area contributed by atoms with Crippen LogP contribution in [0.4, 0.5) is 0 Å². The lowest BCUT2D eigenvalue weighted by molar-refractivity contribution is -0.139. The van der Waals surface area contributed by atoms with E-state index in [1.165, 1.54) is 0 Å². The van der Waals surface area contributed by atoms with Crippen molar-refractivity contribution in [3.63, 3.8) is 0 Å². The molecule has 3 N–H and O–H groups in total. The number of rotatable bonds is 17. The molecule has 0 aromatic heterocycles. The van der Waals surface area contributed by atoms with Gasteiger partial charge in [-0.15, -0.1) is 0 Å². The zero-order chi connectivity index (χ0) is 23.4. The van der Waals surface area contributed by atoms with Gasteiger partial charge in [-0.25, -0.2) is 0 Å². The fourth-order valence-electron chi connectivity index (χ4n) is 3.86. The number of hydrogen-bond donors (Lipinski definition) is 2. The van der Waals surface area contributed by atoms with Crippen LogP contribution in [0.2, 0.25) is 0 Å². The van der Waals surface area contributed by atoms with Crippen molar-refractivity contribution in [1.29, 1.82) is 0 Å². The minimum absolute atomic E-state index is 0.0575. The van der Waals surface area contributed by atoms with Crippen LogP contribution >= 0.6 is 0 Å². The number of nitrogens with one attached hydrogen (secondary N) is 1. The van der Waals surface area contributed by atoms with Crippen molar-refractivity contribution >= 4 is 17.5 Å². The zero-order valence-electron chi connectivity index (χ0n) is 20.5. The Morgan fingerprint density at radius 1 is 0.833 bits per heavy atom. The molecule has 7 nitrogen and oxygen atoms in total. The number of amides is 1. The molecular weight excluding hydrogens is 380 g/mol. The van der Waals surface area contributed by atoms with Crippen LogP contribution in [0.3, 0.4) is 0 Å². The highest BCUT2D eigenvalue weighted by Gasteiger charge is 2.43. The molecule has 0 aliphatic rings. The van der Waals surface area contributed by atoms with Crippen molar-refractivity contribution in [2.24, 2.45) is 5.73 Å². The van der Waals surface area contributed by atoms with Gasteiger partial charge in [0.15, 0.2) is 11.6 Å². The van der Waals surface area contributed by atoms with E-state index in [-0.39, 0.29) is 30.6 Å². The Morgan fingerprint density at radius 2 is 1.30 bits per heavy atom. The average molecular weight is 427 g/mol. The molecule has 1 amide bonds. The quantitative estimate of drug-likeness (QED) is 0.371. The molecule has 0 fully saturated rings. The van der Waals surface area contributed by atoms with Gasteiger partial charge in [-0.05, 0) is 65.6 Å². The standard InChI is InChI=1S/C23H46N4O3/c1-8-15-26(22(5,10-3)19(28)13-12-14-24)17-20(29)23(6,11-4)27(16-9-2)18-21(30)25-7/h8-18,24H2,1-7H3,(H,25,30). The SMILES string of the molecule is CCCN(CC(=O)NC)C(C)(CC)C(=O)CN(CCC)C(C)(CC)C(=O)CCCN. The summed E-state index contributed by atoms with van der Waals surface area (Å²) in [6.07, 6.45) is 4.04. The molecular formula is C23H46N4O3. The normalized spacial score (nSPS) is 15.7. The molecule has 0 aromatic carbocycles. The first kappa shape index (κ1) is 28.7.